The Bertz CT molecular complexity index is 616. The fraction of sp³-hybridized carbons (Fsp3) is 0.357. The molecule has 2 aromatic rings. The lowest BCUT2D eigenvalue weighted by Gasteiger charge is -2.09. The third kappa shape index (κ3) is 2.42. The number of hydrogen-bond acceptors (Lipinski definition) is 3. The second kappa shape index (κ2) is 4.59. The van der Waals surface area contributed by atoms with Crippen LogP contribution in [0.25, 0.3) is 10.9 Å². The Morgan fingerprint density at radius 3 is 3.00 bits per heavy atom. The molecule has 1 fully saturated rings. The molecule has 5 nitrogen and oxygen atoms in total. The van der Waals surface area contributed by atoms with Crippen molar-refractivity contribution >= 4 is 22.5 Å². The molecule has 5 N–H and O–H groups in total. The van der Waals surface area contributed by atoms with Crippen LogP contribution in [0.1, 0.15) is 23.3 Å². The number of nitrogens with one attached hydrogen (secondary N) is 2. The number of nitrogen functional groups attached to an aromatic ring is 1. The van der Waals surface area contributed by atoms with Crippen LogP contribution in [0.3, 0.4) is 0 Å². The predicted molar refractivity (Wildman–Crippen MR) is 73.8 cm³/mol. The van der Waals surface area contributed by atoms with Gasteiger partial charge in [0.15, 0.2) is 0 Å². The Hall–Kier alpha value is -2.01. The fourth-order valence-electron chi connectivity index (χ4n) is 2.24. The van der Waals surface area contributed by atoms with Crippen LogP contribution in [-0.4, -0.2) is 28.6 Å². The quantitative estimate of drug-likeness (QED) is 0.623. The summed E-state index contributed by atoms with van der Waals surface area (Å²) in [4.78, 5) is 15.0. The van der Waals surface area contributed by atoms with Crippen LogP contribution in [-0.2, 0) is 0 Å². The number of carbonyl (C=O) groups is 1. The molecule has 1 amide bonds. The number of H-pyrrole nitrogens is 1. The van der Waals surface area contributed by atoms with Crippen LogP contribution in [0.15, 0.2) is 24.3 Å². The van der Waals surface area contributed by atoms with Gasteiger partial charge in [-0.25, -0.2) is 0 Å². The Morgan fingerprint density at radius 1 is 1.53 bits per heavy atom. The number of carbonyl (C=O) groups excluding carboxylic acids is 1. The minimum Gasteiger partial charge on any atom is -0.397 e. The van der Waals surface area contributed by atoms with Gasteiger partial charge in [0.05, 0.1) is 17.3 Å². The number of aromatic amines is 1. The summed E-state index contributed by atoms with van der Waals surface area (Å²) >= 11 is 0. The molecule has 0 saturated heterocycles. The number of rotatable bonds is 4. The van der Waals surface area contributed by atoms with E-state index < -0.39 is 6.10 Å². The van der Waals surface area contributed by atoms with E-state index in [-0.39, 0.29) is 5.91 Å². The van der Waals surface area contributed by atoms with Gasteiger partial charge in [-0.05, 0) is 30.9 Å². The molecule has 1 aliphatic rings. The minimum atomic E-state index is -0.432. The van der Waals surface area contributed by atoms with Crippen LogP contribution >= 0.6 is 0 Å². The van der Waals surface area contributed by atoms with Crippen molar-refractivity contribution in [3.63, 3.8) is 0 Å². The highest BCUT2D eigenvalue weighted by Gasteiger charge is 2.29. The van der Waals surface area contributed by atoms with Crippen LogP contribution in [0.2, 0.25) is 0 Å². The van der Waals surface area contributed by atoms with E-state index in [2.05, 4.69) is 10.3 Å². The van der Waals surface area contributed by atoms with E-state index in [9.17, 15) is 9.90 Å². The van der Waals surface area contributed by atoms with Gasteiger partial charge in [0.25, 0.3) is 5.91 Å². The molecule has 1 atom stereocenters. The summed E-state index contributed by atoms with van der Waals surface area (Å²) in [6, 6.07) is 7.31. The highest BCUT2D eigenvalue weighted by Crippen LogP contribution is 2.32. The summed E-state index contributed by atoms with van der Waals surface area (Å²) in [5.41, 5.74) is 7.70. The zero-order valence-corrected chi connectivity index (χ0v) is 10.5. The van der Waals surface area contributed by atoms with Gasteiger partial charge in [0.2, 0.25) is 0 Å². The smallest absolute Gasteiger partial charge is 0.267 e. The maximum absolute atomic E-state index is 12.0. The predicted octanol–water partition coefficient (Wildman–Crippen LogP) is 1.25. The van der Waals surface area contributed by atoms with Crippen molar-refractivity contribution in [3.05, 3.63) is 30.0 Å². The zero-order chi connectivity index (χ0) is 13.4. The summed E-state index contributed by atoms with van der Waals surface area (Å²) in [5.74, 6) is 0.147. The van der Waals surface area contributed by atoms with Crippen LogP contribution in [0, 0.1) is 5.92 Å². The van der Waals surface area contributed by atoms with E-state index in [1.165, 1.54) is 0 Å². The Morgan fingerprint density at radius 2 is 2.32 bits per heavy atom. The molecule has 0 bridgehead atoms. The van der Waals surface area contributed by atoms with Gasteiger partial charge in [-0.1, -0.05) is 12.1 Å². The molecule has 1 saturated carbocycles. The van der Waals surface area contributed by atoms with Gasteiger partial charge < -0.3 is 21.1 Å². The maximum Gasteiger partial charge on any atom is 0.267 e. The highest BCUT2D eigenvalue weighted by atomic mass is 16.3. The number of anilines is 1. The van der Waals surface area contributed by atoms with Crippen molar-refractivity contribution in [1.82, 2.24) is 10.3 Å². The van der Waals surface area contributed by atoms with Gasteiger partial charge in [-0.3, -0.25) is 4.79 Å². The molecule has 0 spiro atoms. The van der Waals surface area contributed by atoms with Gasteiger partial charge in [0, 0.05) is 11.9 Å². The number of hydrogen-bond donors (Lipinski definition) is 4. The van der Waals surface area contributed by atoms with Crippen LogP contribution < -0.4 is 11.1 Å². The highest BCUT2D eigenvalue weighted by molar-refractivity contribution is 6.00. The number of aromatic nitrogens is 1. The van der Waals surface area contributed by atoms with Crippen LogP contribution in [0.4, 0.5) is 5.69 Å². The van der Waals surface area contributed by atoms with E-state index in [1.807, 2.05) is 12.1 Å². The standard InChI is InChI=1S/C14H17N3O2/c15-10-3-1-2-9-6-11(17-13(9)10)14(19)16-7-12(18)8-4-5-8/h1-3,6,8,12,17-18H,4-5,7,15H2,(H,16,19). The van der Waals surface area contributed by atoms with Crippen molar-refractivity contribution in [2.45, 2.75) is 18.9 Å². The molecule has 19 heavy (non-hydrogen) atoms. The topological polar surface area (TPSA) is 91.1 Å². The van der Waals surface area contributed by atoms with E-state index in [0.29, 0.717) is 23.8 Å². The Balaban J connectivity index is 1.72. The van der Waals surface area contributed by atoms with Crippen molar-refractivity contribution in [1.29, 1.82) is 0 Å². The first-order valence-corrected chi connectivity index (χ1v) is 6.48. The third-order valence-corrected chi connectivity index (χ3v) is 3.57. The lowest BCUT2D eigenvalue weighted by molar-refractivity contribution is 0.0897. The lowest BCUT2D eigenvalue weighted by Crippen LogP contribution is -2.33. The average molecular weight is 259 g/mol. The first kappa shape index (κ1) is 12.0. The normalized spacial score (nSPS) is 16.5. The maximum atomic E-state index is 12.0. The Labute approximate surface area is 110 Å². The lowest BCUT2D eigenvalue weighted by atomic mass is 10.2. The van der Waals surface area contributed by atoms with Crippen molar-refractivity contribution < 1.29 is 9.90 Å². The SMILES string of the molecule is Nc1cccc2cc(C(=O)NCC(O)C3CC3)[nH]c12. The molecule has 1 aromatic heterocycles. The van der Waals surface area contributed by atoms with Gasteiger partial charge in [-0.15, -0.1) is 0 Å². The summed E-state index contributed by atoms with van der Waals surface area (Å²) in [5, 5.41) is 13.4. The first-order chi connectivity index (χ1) is 9.15. The van der Waals surface area contributed by atoms with Gasteiger partial charge in [-0.2, -0.15) is 0 Å². The molecule has 5 heteroatoms. The van der Waals surface area contributed by atoms with Crippen molar-refractivity contribution in [2.24, 2.45) is 5.92 Å². The molecule has 1 aromatic carbocycles. The first-order valence-electron chi connectivity index (χ1n) is 6.48. The molecule has 100 valence electrons. The molecule has 1 heterocycles. The van der Waals surface area contributed by atoms with E-state index in [0.717, 1.165) is 23.7 Å². The summed E-state index contributed by atoms with van der Waals surface area (Å²) < 4.78 is 0. The summed E-state index contributed by atoms with van der Waals surface area (Å²) in [7, 11) is 0. The summed E-state index contributed by atoms with van der Waals surface area (Å²) in [6.07, 6.45) is 1.68. The molecule has 0 radical (unpaired) electrons. The monoisotopic (exact) mass is 259 g/mol. The number of aliphatic hydroxyl groups is 1. The van der Waals surface area contributed by atoms with Gasteiger partial charge in [0.1, 0.15) is 5.69 Å². The number of nitrogens with two attached hydrogens (primary N) is 1. The minimum absolute atomic E-state index is 0.213. The second-order valence-corrected chi connectivity index (χ2v) is 5.11. The summed E-state index contributed by atoms with van der Waals surface area (Å²) in [6.45, 7) is 0.300. The zero-order valence-electron chi connectivity index (χ0n) is 10.5. The number of aliphatic hydroxyl groups excluding tert-OH is 1. The Kier molecular flexibility index (Phi) is 2.91. The van der Waals surface area contributed by atoms with Crippen molar-refractivity contribution in [3.8, 4) is 0 Å². The number of benzene rings is 1. The third-order valence-electron chi connectivity index (χ3n) is 3.57. The number of para-hydroxylation sites is 1. The van der Waals surface area contributed by atoms with E-state index in [4.69, 9.17) is 5.73 Å². The molecular formula is C14H17N3O2. The van der Waals surface area contributed by atoms with Crippen LogP contribution in [0.5, 0.6) is 0 Å². The molecule has 1 unspecified atom stereocenters. The van der Waals surface area contributed by atoms with Crippen molar-refractivity contribution in [2.75, 3.05) is 12.3 Å². The molecule has 0 aliphatic heterocycles. The molecule has 3 rings (SSSR count). The fourth-order valence-corrected chi connectivity index (χ4v) is 2.24. The average Bonchev–Trinajstić information content (AvgIpc) is 3.15. The van der Waals surface area contributed by atoms with Gasteiger partial charge >= 0.3 is 0 Å². The second-order valence-electron chi connectivity index (χ2n) is 5.11. The molecular weight excluding hydrogens is 242 g/mol. The van der Waals surface area contributed by atoms with E-state index >= 15 is 0 Å². The number of fused-ring (bicyclic) bond motifs is 1. The van der Waals surface area contributed by atoms with E-state index in [1.54, 1.807) is 12.1 Å². The molecule has 1 aliphatic carbocycles. The number of amides is 1. The largest absolute Gasteiger partial charge is 0.397 e.